The zero-order valence-electron chi connectivity index (χ0n) is 10.2. The number of aromatic nitrogens is 1. The first-order valence-electron chi connectivity index (χ1n) is 5.53. The third-order valence-corrected chi connectivity index (χ3v) is 2.47. The van der Waals surface area contributed by atoms with Crippen molar-refractivity contribution >= 4 is 23.0 Å². The highest BCUT2D eigenvalue weighted by Gasteiger charge is 2.16. The molecule has 0 atom stereocenters. The molecule has 1 aromatic heterocycles. The summed E-state index contributed by atoms with van der Waals surface area (Å²) in [6.07, 6.45) is 0. The number of nitrogen functional groups attached to an aromatic ring is 1. The highest BCUT2D eigenvalue weighted by molar-refractivity contribution is 5.68. The molecule has 20 heavy (non-hydrogen) atoms. The van der Waals surface area contributed by atoms with Crippen molar-refractivity contribution in [1.82, 2.24) is 4.98 Å². The summed E-state index contributed by atoms with van der Waals surface area (Å²) < 4.78 is 0. The number of hydrogen-bond acceptors (Lipinski definition) is 7. The van der Waals surface area contributed by atoms with Gasteiger partial charge in [-0.1, -0.05) is 6.07 Å². The third-order valence-electron chi connectivity index (χ3n) is 2.47. The predicted molar refractivity (Wildman–Crippen MR) is 73.1 cm³/mol. The lowest BCUT2D eigenvalue weighted by Gasteiger charge is -2.08. The topological polar surface area (TPSA) is 130 Å². The second-order valence-electron chi connectivity index (χ2n) is 3.78. The van der Waals surface area contributed by atoms with Crippen molar-refractivity contribution in [2.75, 3.05) is 10.7 Å². The van der Waals surface area contributed by atoms with Crippen LogP contribution in [-0.2, 0) is 0 Å². The Kier molecular flexibility index (Phi) is 3.74. The molecule has 4 N–H and O–H groups in total. The molecule has 0 fully saturated rings. The first kappa shape index (κ1) is 13.3. The summed E-state index contributed by atoms with van der Waals surface area (Å²) >= 11 is 0. The maximum Gasteiger partial charge on any atom is 0.311 e. The van der Waals surface area contributed by atoms with E-state index in [0.29, 0.717) is 11.3 Å². The van der Waals surface area contributed by atoms with Gasteiger partial charge < -0.3 is 10.7 Å². The van der Waals surface area contributed by atoms with Gasteiger partial charge in [-0.15, -0.1) is 0 Å². The average Bonchev–Trinajstić information content (AvgIpc) is 2.47. The summed E-state index contributed by atoms with van der Waals surface area (Å²) in [7, 11) is 0. The standard InChI is InChI=1S/C12H10N6O2/c13-7-8-2-1-3-9(6-8)15-12-10(18(19)20)4-5-11(16-12)17-14/h1-6H,14H2,(H2,15,16,17). The van der Waals surface area contributed by atoms with Crippen LogP contribution in [0.15, 0.2) is 36.4 Å². The molecule has 0 aliphatic carbocycles. The molecular formula is C12H10N6O2. The van der Waals surface area contributed by atoms with Gasteiger partial charge in [-0.05, 0) is 24.3 Å². The Hall–Kier alpha value is -3.18. The first-order chi connectivity index (χ1) is 9.63. The van der Waals surface area contributed by atoms with Crippen molar-refractivity contribution < 1.29 is 4.92 Å². The van der Waals surface area contributed by atoms with Gasteiger partial charge in [0.15, 0.2) is 0 Å². The van der Waals surface area contributed by atoms with E-state index in [9.17, 15) is 10.1 Å². The number of pyridine rings is 1. The maximum absolute atomic E-state index is 11.0. The molecule has 2 rings (SSSR count). The fourth-order valence-electron chi connectivity index (χ4n) is 1.57. The van der Waals surface area contributed by atoms with Crippen LogP contribution in [-0.4, -0.2) is 9.91 Å². The second-order valence-corrected chi connectivity index (χ2v) is 3.78. The molecule has 1 heterocycles. The van der Waals surface area contributed by atoms with Gasteiger partial charge in [-0.2, -0.15) is 5.26 Å². The molecular weight excluding hydrogens is 260 g/mol. The molecule has 0 unspecified atom stereocenters. The fourth-order valence-corrected chi connectivity index (χ4v) is 1.57. The van der Waals surface area contributed by atoms with E-state index in [2.05, 4.69) is 15.7 Å². The van der Waals surface area contributed by atoms with Crippen LogP contribution in [0.5, 0.6) is 0 Å². The highest BCUT2D eigenvalue weighted by Crippen LogP contribution is 2.27. The van der Waals surface area contributed by atoms with Crippen molar-refractivity contribution in [3.05, 3.63) is 52.1 Å². The summed E-state index contributed by atoms with van der Waals surface area (Å²) in [5.74, 6) is 5.56. The fraction of sp³-hybridized carbons (Fsp3) is 0. The predicted octanol–water partition coefficient (Wildman–Crippen LogP) is 1.89. The van der Waals surface area contributed by atoms with Crippen LogP contribution < -0.4 is 16.6 Å². The Balaban J connectivity index is 2.40. The Morgan fingerprint density at radius 2 is 2.15 bits per heavy atom. The van der Waals surface area contributed by atoms with Crippen molar-refractivity contribution in [2.24, 2.45) is 5.84 Å². The molecule has 2 aromatic rings. The van der Waals surface area contributed by atoms with Crippen LogP contribution in [0.3, 0.4) is 0 Å². The van der Waals surface area contributed by atoms with Crippen molar-refractivity contribution in [1.29, 1.82) is 5.26 Å². The average molecular weight is 270 g/mol. The van der Waals surface area contributed by atoms with Crippen LogP contribution in [0.1, 0.15) is 5.56 Å². The molecule has 0 spiro atoms. The Labute approximate surface area is 114 Å². The monoisotopic (exact) mass is 270 g/mol. The Morgan fingerprint density at radius 3 is 2.80 bits per heavy atom. The largest absolute Gasteiger partial charge is 0.334 e. The van der Waals surface area contributed by atoms with Crippen molar-refractivity contribution in [2.45, 2.75) is 0 Å². The van der Waals surface area contributed by atoms with E-state index >= 15 is 0 Å². The van der Waals surface area contributed by atoms with Gasteiger partial charge in [0.1, 0.15) is 5.82 Å². The SMILES string of the molecule is N#Cc1cccc(Nc2nc(NN)ccc2[N+](=O)[O-])c1. The van der Waals surface area contributed by atoms with Crippen molar-refractivity contribution in [3.8, 4) is 6.07 Å². The molecule has 0 radical (unpaired) electrons. The quantitative estimate of drug-likeness (QED) is 0.439. The minimum Gasteiger partial charge on any atom is -0.334 e. The first-order valence-corrected chi connectivity index (χ1v) is 5.53. The molecule has 1 aromatic carbocycles. The number of hydrazine groups is 1. The molecule has 0 aliphatic rings. The summed E-state index contributed by atoms with van der Waals surface area (Å²) in [6.45, 7) is 0. The number of nitrogens with zero attached hydrogens (tertiary/aromatic N) is 3. The smallest absolute Gasteiger partial charge is 0.311 e. The minimum absolute atomic E-state index is 0.0422. The number of benzene rings is 1. The van der Waals surface area contributed by atoms with Crippen molar-refractivity contribution in [3.63, 3.8) is 0 Å². The van der Waals surface area contributed by atoms with E-state index in [1.807, 2.05) is 6.07 Å². The molecule has 0 bridgehead atoms. The maximum atomic E-state index is 11.0. The van der Waals surface area contributed by atoms with Crippen LogP contribution in [0.25, 0.3) is 0 Å². The Morgan fingerprint density at radius 1 is 1.35 bits per heavy atom. The lowest BCUT2D eigenvalue weighted by molar-refractivity contribution is -0.384. The third kappa shape index (κ3) is 2.80. The van der Waals surface area contributed by atoms with Crippen LogP contribution >= 0.6 is 0 Å². The minimum atomic E-state index is -0.552. The summed E-state index contributed by atoms with van der Waals surface area (Å²) in [6, 6.07) is 11.2. The molecule has 0 aliphatic heterocycles. The zero-order chi connectivity index (χ0) is 14.5. The molecule has 8 heteroatoms. The lowest BCUT2D eigenvalue weighted by Crippen LogP contribution is -2.10. The van der Waals surface area contributed by atoms with Gasteiger partial charge in [-0.25, -0.2) is 10.8 Å². The van der Waals surface area contributed by atoms with Crippen LogP contribution in [0, 0.1) is 21.4 Å². The van der Waals surface area contributed by atoms with Gasteiger partial charge in [0, 0.05) is 11.8 Å². The lowest BCUT2D eigenvalue weighted by atomic mass is 10.2. The number of rotatable bonds is 4. The van der Waals surface area contributed by atoms with Gasteiger partial charge in [0.05, 0.1) is 16.6 Å². The number of nitro groups is 1. The number of hydrogen-bond donors (Lipinski definition) is 3. The summed E-state index contributed by atoms with van der Waals surface area (Å²) in [5.41, 5.74) is 3.09. The van der Waals surface area contributed by atoms with E-state index in [0.717, 1.165) is 0 Å². The van der Waals surface area contributed by atoms with E-state index < -0.39 is 4.92 Å². The van der Waals surface area contributed by atoms with Crippen LogP contribution in [0.4, 0.5) is 23.0 Å². The number of nitrogens with two attached hydrogens (primary N) is 1. The van der Waals surface area contributed by atoms with E-state index in [-0.39, 0.29) is 17.3 Å². The van der Waals surface area contributed by atoms with Crippen LogP contribution in [0.2, 0.25) is 0 Å². The van der Waals surface area contributed by atoms with Gasteiger partial charge in [0.25, 0.3) is 0 Å². The van der Waals surface area contributed by atoms with E-state index in [4.69, 9.17) is 11.1 Å². The summed E-state index contributed by atoms with van der Waals surface area (Å²) in [5, 5.41) is 22.6. The molecule has 0 amide bonds. The van der Waals surface area contributed by atoms with Gasteiger partial charge >= 0.3 is 5.69 Å². The highest BCUT2D eigenvalue weighted by atomic mass is 16.6. The van der Waals surface area contributed by atoms with Gasteiger partial charge in [-0.3, -0.25) is 10.1 Å². The van der Waals surface area contributed by atoms with Gasteiger partial charge in [0.2, 0.25) is 5.82 Å². The van der Waals surface area contributed by atoms with E-state index in [1.54, 1.807) is 24.3 Å². The second kappa shape index (κ2) is 5.64. The molecule has 100 valence electrons. The molecule has 8 nitrogen and oxygen atoms in total. The number of nitrogens with one attached hydrogen (secondary N) is 2. The Bertz CT molecular complexity index is 695. The molecule has 0 saturated heterocycles. The van der Waals surface area contributed by atoms with E-state index in [1.165, 1.54) is 12.1 Å². The normalized spacial score (nSPS) is 9.60. The number of anilines is 3. The number of nitriles is 1. The summed E-state index contributed by atoms with van der Waals surface area (Å²) in [4.78, 5) is 14.4. The molecule has 0 saturated carbocycles. The zero-order valence-corrected chi connectivity index (χ0v) is 10.2.